The molecule has 1 radical (unpaired) electrons. The molecule has 1 aromatic rings. The van der Waals surface area contributed by atoms with Gasteiger partial charge in [0.1, 0.15) is 0 Å². The molecule has 0 bridgehead atoms. The highest BCUT2D eigenvalue weighted by Crippen LogP contribution is 2.28. The fraction of sp³-hybridized carbons (Fsp3) is 0.588. The van der Waals surface area contributed by atoms with Gasteiger partial charge in [-0.25, -0.2) is 0 Å². The maximum Gasteiger partial charge on any atom is 0.00499 e. The van der Waals surface area contributed by atoms with Gasteiger partial charge in [-0.2, -0.15) is 0 Å². The van der Waals surface area contributed by atoms with E-state index in [9.17, 15) is 0 Å². The van der Waals surface area contributed by atoms with E-state index in [1.165, 1.54) is 50.5 Å². The van der Waals surface area contributed by atoms with Gasteiger partial charge in [-0.1, -0.05) is 64.3 Å². The highest BCUT2D eigenvalue weighted by molar-refractivity contribution is 5.38. The van der Waals surface area contributed by atoms with Gasteiger partial charge in [-0.3, -0.25) is 0 Å². The lowest BCUT2D eigenvalue weighted by molar-refractivity contribution is 0.700. The summed E-state index contributed by atoms with van der Waals surface area (Å²) >= 11 is 0. The molecular formula is C17H27. The normalized spacial score (nSPS) is 11.1. The molecule has 0 aliphatic carbocycles. The summed E-state index contributed by atoms with van der Waals surface area (Å²) in [5, 5.41) is 0. The molecule has 0 N–H and O–H groups in total. The van der Waals surface area contributed by atoms with Gasteiger partial charge in [0.05, 0.1) is 0 Å². The molecule has 0 spiro atoms. The van der Waals surface area contributed by atoms with Crippen LogP contribution in [0.3, 0.4) is 0 Å². The number of unbranched alkanes of at least 4 members (excludes halogenated alkanes) is 2. The highest BCUT2D eigenvalue weighted by Gasteiger charge is 2.12. The van der Waals surface area contributed by atoms with Crippen molar-refractivity contribution in [1.29, 1.82) is 0 Å². The summed E-state index contributed by atoms with van der Waals surface area (Å²) in [4.78, 5) is 0. The minimum atomic E-state index is 1.20. The summed E-state index contributed by atoms with van der Waals surface area (Å²) in [6, 6.07) is 9.00. The summed E-state index contributed by atoms with van der Waals surface area (Å²) < 4.78 is 0. The second kappa shape index (κ2) is 8.33. The summed E-state index contributed by atoms with van der Waals surface area (Å²) in [5.74, 6) is 1.65. The molecule has 0 saturated carbocycles. The number of rotatable bonds is 8. The molecule has 1 aromatic carbocycles. The first kappa shape index (κ1) is 14.3. The summed E-state index contributed by atoms with van der Waals surface area (Å²) in [7, 11) is 0. The van der Waals surface area contributed by atoms with Gasteiger partial charge in [-0.15, -0.1) is 0 Å². The molecule has 0 amide bonds. The molecule has 0 heteroatoms. The predicted molar refractivity (Wildman–Crippen MR) is 77.2 cm³/mol. The molecule has 0 heterocycles. The first-order chi connectivity index (χ1) is 8.33. The van der Waals surface area contributed by atoms with E-state index >= 15 is 0 Å². The van der Waals surface area contributed by atoms with Crippen molar-refractivity contribution in [3.63, 3.8) is 0 Å². The van der Waals surface area contributed by atoms with Crippen molar-refractivity contribution in [3.05, 3.63) is 41.3 Å². The second-order valence-corrected chi connectivity index (χ2v) is 4.82. The molecular weight excluding hydrogens is 204 g/mol. The Morgan fingerprint density at radius 1 is 0.941 bits per heavy atom. The predicted octanol–water partition coefficient (Wildman–Crippen LogP) is 5.55. The van der Waals surface area contributed by atoms with Crippen molar-refractivity contribution in [1.82, 2.24) is 0 Å². The zero-order valence-corrected chi connectivity index (χ0v) is 11.8. The van der Waals surface area contributed by atoms with Gasteiger partial charge in [0.25, 0.3) is 0 Å². The zero-order valence-electron chi connectivity index (χ0n) is 11.8. The molecule has 17 heavy (non-hydrogen) atoms. The van der Waals surface area contributed by atoms with Crippen LogP contribution in [0.2, 0.25) is 0 Å². The monoisotopic (exact) mass is 231 g/mol. The number of hydrogen-bond donors (Lipinski definition) is 0. The Morgan fingerprint density at radius 3 is 2.29 bits per heavy atom. The van der Waals surface area contributed by atoms with Gasteiger partial charge in [0.2, 0.25) is 0 Å². The lowest BCUT2D eigenvalue weighted by Crippen LogP contribution is -2.03. The van der Waals surface area contributed by atoms with Crippen LogP contribution in [0.1, 0.15) is 70.4 Å². The Bertz CT molecular complexity index is 301. The topological polar surface area (TPSA) is 0 Å². The van der Waals surface area contributed by atoms with E-state index in [2.05, 4.69) is 45.0 Å². The van der Waals surface area contributed by atoms with E-state index < -0.39 is 0 Å². The Balaban J connectivity index is 2.77. The van der Waals surface area contributed by atoms with Crippen LogP contribution in [0.15, 0.2) is 24.3 Å². The molecule has 0 aromatic heterocycles. The maximum atomic E-state index is 2.32. The Morgan fingerprint density at radius 2 is 1.65 bits per heavy atom. The van der Waals surface area contributed by atoms with Crippen LogP contribution in [0.25, 0.3) is 0 Å². The molecule has 0 atom stereocenters. The van der Waals surface area contributed by atoms with Crippen molar-refractivity contribution in [2.45, 2.75) is 65.7 Å². The Hall–Kier alpha value is -0.780. The van der Waals surface area contributed by atoms with Gasteiger partial charge in [0.15, 0.2) is 0 Å². The Kier molecular flexibility index (Phi) is 7.00. The Labute approximate surface area is 107 Å². The summed E-state index contributed by atoms with van der Waals surface area (Å²) in [5.41, 5.74) is 3.10. The molecule has 0 fully saturated rings. The molecule has 0 nitrogen and oxygen atoms in total. The van der Waals surface area contributed by atoms with Crippen LogP contribution >= 0.6 is 0 Å². The van der Waals surface area contributed by atoms with Gasteiger partial charge in [-0.05, 0) is 36.8 Å². The van der Waals surface area contributed by atoms with Crippen molar-refractivity contribution >= 4 is 0 Å². The minimum absolute atomic E-state index is 1.20. The van der Waals surface area contributed by atoms with Gasteiger partial charge in [0, 0.05) is 5.92 Å². The SMILES string of the molecule is CCCC[C](CC)c1ccccc1CCCC. The lowest BCUT2D eigenvalue weighted by atomic mass is 9.86. The third-order valence-corrected chi connectivity index (χ3v) is 3.46. The van der Waals surface area contributed by atoms with E-state index in [4.69, 9.17) is 0 Å². The summed E-state index contributed by atoms with van der Waals surface area (Å²) in [6.45, 7) is 6.84. The van der Waals surface area contributed by atoms with Crippen molar-refractivity contribution < 1.29 is 0 Å². The third-order valence-electron chi connectivity index (χ3n) is 3.46. The van der Waals surface area contributed by atoms with Crippen LogP contribution in [0.5, 0.6) is 0 Å². The smallest absolute Gasteiger partial charge is 0.00499 e. The van der Waals surface area contributed by atoms with E-state index in [0.717, 1.165) is 0 Å². The first-order valence-corrected chi connectivity index (χ1v) is 7.26. The van der Waals surface area contributed by atoms with Crippen molar-refractivity contribution in [2.24, 2.45) is 0 Å². The van der Waals surface area contributed by atoms with E-state index in [0.29, 0.717) is 0 Å². The molecule has 95 valence electrons. The first-order valence-electron chi connectivity index (χ1n) is 7.26. The highest BCUT2D eigenvalue weighted by atomic mass is 14.2. The molecule has 0 unspecified atom stereocenters. The molecule has 0 aliphatic heterocycles. The van der Waals surface area contributed by atoms with Crippen LogP contribution in [0, 0.1) is 5.92 Å². The minimum Gasteiger partial charge on any atom is -0.0654 e. The average molecular weight is 231 g/mol. The van der Waals surface area contributed by atoms with Crippen LogP contribution in [-0.2, 0) is 6.42 Å². The summed E-state index contributed by atoms with van der Waals surface area (Å²) in [6.07, 6.45) is 8.92. The van der Waals surface area contributed by atoms with E-state index in [-0.39, 0.29) is 0 Å². The third kappa shape index (κ3) is 4.53. The van der Waals surface area contributed by atoms with Crippen LogP contribution in [-0.4, -0.2) is 0 Å². The molecule has 1 rings (SSSR count). The second-order valence-electron chi connectivity index (χ2n) is 4.82. The number of aryl methyl sites for hydroxylation is 1. The molecule has 0 aliphatic rings. The average Bonchev–Trinajstić information content (AvgIpc) is 2.38. The zero-order chi connectivity index (χ0) is 12.5. The lowest BCUT2D eigenvalue weighted by Gasteiger charge is -2.18. The maximum absolute atomic E-state index is 2.32. The van der Waals surface area contributed by atoms with Crippen molar-refractivity contribution in [3.8, 4) is 0 Å². The fourth-order valence-electron chi connectivity index (χ4n) is 2.34. The van der Waals surface area contributed by atoms with Gasteiger partial charge >= 0.3 is 0 Å². The standard InChI is InChI=1S/C17H27/c1-4-7-11-15(6-3)17-14-10-9-13-16(17)12-8-5-2/h9-10,13-14H,4-8,11-12H2,1-3H3. The quantitative estimate of drug-likeness (QED) is 0.550. The number of hydrogen-bond acceptors (Lipinski definition) is 0. The van der Waals surface area contributed by atoms with Gasteiger partial charge < -0.3 is 0 Å². The van der Waals surface area contributed by atoms with E-state index in [1.807, 2.05) is 0 Å². The number of benzene rings is 1. The largest absolute Gasteiger partial charge is 0.0654 e. The molecule has 0 saturated heterocycles. The van der Waals surface area contributed by atoms with Crippen LogP contribution in [0.4, 0.5) is 0 Å². The fourth-order valence-corrected chi connectivity index (χ4v) is 2.34. The van der Waals surface area contributed by atoms with Crippen LogP contribution < -0.4 is 0 Å². The van der Waals surface area contributed by atoms with Crippen molar-refractivity contribution in [2.75, 3.05) is 0 Å². The van der Waals surface area contributed by atoms with E-state index in [1.54, 1.807) is 11.5 Å².